The van der Waals surface area contributed by atoms with Crippen LogP contribution < -0.4 is 0 Å². The van der Waals surface area contributed by atoms with Gasteiger partial charge in [-0.25, -0.2) is 0 Å². The van der Waals surface area contributed by atoms with E-state index in [2.05, 4.69) is 11.5 Å². The van der Waals surface area contributed by atoms with Crippen LogP contribution in [0.15, 0.2) is 12.7 Å². The minimum absolute atomic E-state index is 0.233. The van der Waals surface area contributed by atoms with Gasteiger partial charge in [-0.2, -0.15) is 0 Å². The summed E-state index contributed by atoms with van der Waals surface area (Å²) in [4.78, 5) is 14.4. The molecule has 0 atom stereocenters. The van der Waals surface area contributed by atoms with Gasteiger partial charge in [-0.05, 0) is 12.8 Å². The van der Waals surface area contributed by atoms with Crippen LogP contribution in [0.25, 0.3) is 0 Å². The van der Waals surface area contributed by atoms with Crippen LogP contribution in [-0.4, -0.2) is 32.8 Å². The van der Waals surface area contributed by atoms with Gasteiger partial charge in [-0.3, -0.25) is 4.79 Å². The molecule has 94 valence electrons. The van der Waals surface area contributed by atoms with Gasteiger partial charge in [0.25, 0.3) is 0 Å². The van der Waals surface area contributed by atoms with Gasteiger partial charge in [0.15, 0.2) is 5.78 Å². The highest BCUT2D eigenvalue weighted by Gasteiger charge is 2.49. The fraction of sp³-hybridized carbons (Fsp3) is 0.692. The third kappa shape index (κ3) is 2.43. The van der Waals surface area contributed by atoms with Crippen LogP contribution in [-0.2, 0) is 4.79 Å². The van der Waals surface area contributed by atoms with Crippen molar-refractivity contribution in [2.45, 2.75) is 44.1 Å². The van der Waals surface area contributed by atoms with E-state index in [1.54, 1.807) is 11.8 Å². The van der Waals surface area contributed by atoms with Crippen molar-refractivity contribution in [3.8, 4) is 0 Å². The lowest BCUT2D eigenvalue weighted by Gasteiger charge is -2.41. The van der Waals surface area contributed by atoms with Crippen LogP contribution in [0.2, 0.25) is 0 Å². The molecule has 0 amide bonds. The van der Waals surface area contributed by atoms with E-state index in [0.717, 1.165) is 42.3 Å². The fourth-order valence-electron chi connectivity index (χ4n) is 2.97. The number of carbonyl (C=O) groups is 1. The molecule has 1 aliphatic heterocycles. The van der Waals surface area contributed by atoms with Gasteiger partial charge >= 0.3 is 0 Å². The number of Topliss-reactive ketones (excluding diaryl/α,β-unsaturated/α-hetero) is 1. The summed E-state index contributed by atoms with van der Waals surface area (Å²) in [6.45, 7) is 4.53. The summed E-state index contributed by atoms with van der Waals surface area (Å²) < 4.78 is 0.887. The number of nitrogens with zero attached hydrogens (tertiary/aromatic N) is 1. The zero-order valence-corrected chi connectivity index (χ0v) is 11.7. The molecule has 0 aromatic rings. The average molecular weight is 269 g/mol. The molecule has 1 saturated heterocycles. The normalized spacial score (nSPS) is 23.1. The highest BCUT2D eigenvalue weighted by Crippen LogP contribution is 2.40. The van der Waals surface area contributed by atoms with E-state index in [-0.39, 0.29) is 5.54 Å². The molecule has 2 aliphatic rings. The van der Waals surface area contributed by atoms with Gasteiger partial charge in [0.1, 0.15) is 4.32 Å². The Balaban J connectivity index is 2.12. The molecular weight excluding hydrogens is 250 g/mol. The van der Waals surface area contributed by atoms with Crippen LogP contribution in [0.1, 0.15) is 38.5 Å². The Bertz CT molecular complexity index is 334. The largest absolute Gasteiger partial charge is 0.344 e. The van der Waals surface area contributed by atoms with Crippen molar-refractivity contribution in [1.82, 2.24) is 4.90 Å². The molecule has 1 saturated carbocycles. The summed E-state index contributed by atoms with van der Waals surface area (Å²) in [6, 6.07) is 0. The highest BCUT2D eigenvalue weighted by atomic mass is 32.2. The van der Waals surface area contributed by atoms with Gasteiger partial charge in [0.2, 0.25) is 0 Å². The van der Waals surface area contributed by atoms with E-state index in [1.807, 2.05) is 6.08 Å². The van der Waals surface area contributed by atoms with Crippen LogP contribution >= 0.6 is 24.0 Å². The Labute approximate surface area is 113 Å². The fourth-order valence-corrected chi connectivity index (χ4v) is 4.12. The standard InChI is InChI=1S/C13H19NOS2/c1-2-10-17-12(16)14-9-6-11(15)13(14)7-4-3-5-8-13/h2H,1,3-10H2. The van der Waals surface area contributed by atoms with Gasteiger partial charge in [-0.15, -0.1) is 6.58 Å². The van der Waals surface area contributed by atoms with E-state index in [0.29, 0.717) is 12.2 Å². The lowest BCUT2D eigenvalue weighted by molar-refractivity contribution is -0.125. The minimum Gasteiger partial charge on any atom is -0.344 e. The molecule has 0 unspecified atom stereocenters. The molecule has 4 heteroatoms. The Morgan fingerprint density at radius 3 is 2.82 bits per heavy atom. The number of likely N-dealkylation sites (tertiary alicyclic amines) is 1. The molecule has 1 heterocycles. The lowest BCUT2D eigenvalue weighted by Crippen LogP contribution is -2.51. The number of hydrogen-bond donors (Lipinski definition) is 0. The van der Waals surface area contributed by atoms with Gasteiger partial charge in [0.05, 0.1) is 5.54 Å². The summed E-state index contributed by atoms with van der Waals surface area (Å²) in [6.07, 6.45) is 8.13. The number of ketones is 1. The van der Waals surface area contributed by atoms with Crippen molar-refractivity contribution in [1.29, 1.82) is 0 Å². The molecule has 0 N–H and O–H groups in total. The van der Waals surface area contributed by atoms with E-state index >= 15 is 0 Å². The minimum atomic E-state index is -0.233. The highest BCUT2D eigenvalue weighted by molar-refractivity contribution is 8.23. The van der Waals surface area contributed by atoms with E-state index in [4.69, 9.17) is 12.2 Å². The van der Waals surface area contributed by atoms with Crippen LogP contribution in [0, 0.1) is 0 Å². The lowest BCUT2D eigenvalue weighted by atomic mass is 9.79. The van der Waals surface area contributed by atoms with Crippen LogP contribution in [0.4, 0.5) is 0 Å². The first-order valence-electron chi connectivity index (χ1n) is 6.29. The maximum absolute atomic E-state index is 12.2. The third-order valence-corrected chi connectivity index (χ3v) is 5.27. The van der Waals surface area contributed by atoms with Crippen LogP contribution in [0.3, 0.4) is 0 Å². The van der Waals surface area contributed by atoms with Crippen molar-refractivity contribution in [3.63, 3.8) is 0 Å². The first kappa shape index (κ1) is 13.1. The Morgan fingerprint density at radius 1 is 1.47 bits per heavy atom. The van der Waals surface area contributed by atoms with E-state index in [9.17, 15) is 4.79 Å². The maximum Gasteiger partial charge on any atom is 0.160 e. The molecular formula is C13H19NOS2. The smallest absolute Gasteiger partial charge is 0.160 e. The zero-order chi connectivity index (χ0) is 12.3. The number of thiocarbonyl (C=S) groups is 1. The molecule has 0 bridgehead atoms. The molecule has 2 nitrogen and oxygen atoms in total. The summed E-state index contributed by atoms with van der Waals surface area (Å²) >= 11 is 7.11. The molecule has 17 heavy (non-hydrogen) atoms. The molecule has 2 fully saturated rings. The van der Waals surface area contributed by atoms with Crippen molar-refractivity contribution >= 4 is 34.1 Å². The molecule has 0 radical (unpaired) electrons. The Kier molecular flexibility index (Phi) is 4.26. The average Bonchev–Trinajstić information content (AvgIpc) is 2.65. The predicted octanol–water partition coefficient (Wildman–Crippen LogP) is 3.17. The molecule has 1 aliphatic carbocycles. The van der Waals surface area contributed by atoms with Crippen LogP contribution in [0.5, 0.6) is 0 Å². The second-order valence-corrected chi connectivity index (χ2v) is 6.44. The van der Waals surface area contributed by atoms with E-state index in [1.165, 1.54) is 6.42 Å². The predicted molar refractivity (Wildman–Crippen MR) is 77.4 cm³/mol. The van der Waals surface area contributed by atoms with Gasteiger partial charge in [0, 0.05) is 18.7 Å². The number of thioether (sulfide) groups is 1. The first-order valence-corrected chi connectivity index (χ1v) is 7.69. The first-order chi connectivity index (χ1) is 8.20. The van der Waals surface area contributed by atoms with E-state index < -0.39 is 0 Å². The zero-order valence-electron chi connectivity index (χ0n) is 10.1. The maximum atomic E-state index is 12.2. The number of rotatable bonds is 2. The summed E-state index contributed by atoms with van der Waals surface area (Å²) in [5, 5.41) is 0. The summed E-state index contributed by atoms with van der Waals surface area (Å²) in [5.41, 5.74) is -0.233. The molecule has 0 aromatic carbocycles. The molecule has 1 spiro atoms. The van der Waals surface area contributed by atoms with Gasteiger partial charge in [-0.1, -0.05) is 49.3 Å². The second-order valence-electron chi connectivity index (χ2n) is 4.78. The second kappa shape index (κ2) is 5.53. The summed E-state index contributed by atoms with van der Waals surface area (Å²) in [7, 11) is 0. The van der Waals surface area contributed by atoms with Crippen molar-refractivity contribution in [2.24, 2.45) is 0 Å². The van der Waals surface area contributed by atoms with Crippen molar-refractivity contribution in [2.75, 3.05) is 12.3 Å². The van der Waals surface area contributed by atoms with Gasteiger partial charge < -0.3 is 4.90 Å². The Hall–Kier alpha value is -0.350. The quantitative estimate of drug-likeness (QED) is 0.566. The number of carbonyl (C=O) groups excluding carboxylic acids is 1. The molecule has 0 aromatic heterocycles. The Morgan fingerprint density at radius 2 is 2.18 bits per heavy atom. The SMILES string of the molecule is C=CCSC(=S)N1CCC(=O)C12CCCCC2. The molecule has 2 rings (SSSR count). The number of hydrogen-bond acceptors (Lipinski definition) is 3. The van der Waals surface area contributed by atoms with Crippen molar-refractivity contribution < 1.29 is 4.79 Å². The summed E-state index contributed by atoms with van der Waals surface area (Å²) in [5.74, 6) is 1.25. The third-order valence-electron chi connectivity index (χ3n) is 3.82. The van der Waals surface area contributed by atoms with Crippen molar-refractivity contribution in [3.05, 3.63) is 12.7 Å². The topological polar surface area (TPSA) is 20.3 Å². The monoisotopic (exact) mass is 269 g/mol.